The van der Waals surface area contributed by atoms with Crippen molar-refractivity contribution in [3.8, 4) is 11.8 Å². The van der Waals surface area contributed by atoms with Gasteiger partial charge in [0.05, 0.1) is 31.5 Å². The van der Waals surface area contributed by atoms with Gasteiger partial charge in [-0.25, -0.2) is 4.68 Å². The number of benzene rings is 3. The van der Waals surface area contributed by atoms with Crippen LogP contribution in [-0.4, -0.2) is 47.0 Å². The lowest BCUT2D eigenvalue weighted by Gasteiger charge is -2.25. The second-order valence-electron chi connectivity index (χ2n) is 8.42. The lowest BCUT2D eigenvalue weighted by atomic mass is 10.0. The van der Waals surface area contributed by atoms with Gasteiger partial charge in [0.1, 0.15) is 11.8 Å². The molecule has 0 saturated carbocycles. The fourth-order valence-electron chi connectivity index (χ4n) is 3.80. The largest absolute Gasteiger partial charge is 0.497 e. The van der Waals surface area contributed by atoms with Gasteiger partial charge in [0.15, 0.2) is 5.69 Å². The zero-order valence-corrected chi connectivity index (χ0v) is 20.5. The quantitative estimate of drug-likeness (QED) is 0.382. The molecule has 3 aromatic carbocycles. The molecule has 186 valence electrons. The first-order valence-electron chi connectivity index (χ1n) is 11.6. The molecule has 0 bridgehead atoms. The van der Waals surface area contributed by atoms with Crippen LogP contribution in [0.1, 0.15) is 27.2 Å². The van der Waals surface area contributed by atoms with E-state index >= 15 is 0 Å². The molecular formula is C28H26N6O3. The van der Waals surface area contributed by atoms with Gasteiger partial charge in [0, 0.05) is 19.2 Å². The Labute approximate surface area is 214 Å². The van der Waals surface area contributed by atoms with Crippen molar-refractivity contribution in [2.24, 2.45) is 0 Å². The molecule has 0 aliphatic rings. The third-order valence-corrected chi connectivity index (χ3v) is 5.88. The molecule has 1 atom stereocenters. The molecule has 4 aromatic rings. The normalized spacial score (nSPS) is 11.3. The van der Waals surface area contributed by atoms with Gasteiger partial charge < -0.3 is 15.0 Å². The highest BCUT2D eigenvalue weighted by Crippen LogP contribution is 2.19. The number of aromatic nitrogens is 3. The minimum absolute atomic E-state index is 0.103. The minimum Gasteiger partial charge on any atom is -0.497 e. The van der Waals surface area contributed by atoms with E-state index < -0.39 is 11.9 Å². The van der Waals surface area contributed by atoms with E-state index in [9.17, 15) is 9.59 Å². The van der Waals surface area contributed by atoms with Gasteiger partial charge in [-0.15, -0.1) is 5.10 Å². The Balaban J connectivity index is 1.50. The van der Waals surface area contributed by atoms with Crippen LogP contribution in [0.15, 0.2) is 85.1 Å². The number of ether oxygens (including phenoxy) is 1. The van der Waals surface area contributed by atoms with Crippen molar-refractivity contribution >= 4 is 17.5 Å². The van der Waals surface area contributed by atoms with Gasteiger partial charge in [-0.2, -0.15) is 5.26 Å². The maximum atomic E-state index is 13.5. The second-order valence-corrected chi connectivity index (χ2v) is 8.42. The summed E-state index contributed by atoms with van der Waals surface area (Å²) in [5, 5.41) is 19.8. The summed E-state index contributed by atoms with van der Waals surface area (Å²) in [6.07, 6.45) is 1.84. The van der Waals surface area contributed by atoms with Crippen LogP contribution in [0.2, 0.25) is 0 Å². The minimum atomic E-state index is -0.828. The lowest BCUT2D eigenvalue weighted by Crippen LogP contribution is -2.48. The van der Waals surface area contributed by atoms with Gasteiger partial charge >= 0.3 is 0 Å². The fourth-order valence-corrected chi connectivity index (χ4v) is 3.80. The summed E-state index contributed by atoms with van der Waals surface area (Å²) < 4.78 is 6.73. The first kappa shape index (κ1) is 25.1. The highest BCUT2D eigenvalue weighted by Gasteiger charge is 2.27. The van der Waals surface area contributed by atoms with Crippen LogP contribution in [0.4, 0.5) is 5.69 Å². The predicted molar refractivity (Wildman–Crippen MR) is 138 cm³/mol. The Bertz CT molecular complexity index is 1390. The maximum Gasteiger partial charge on any atom is 0.274 e. The number of rotatable bonds is 9. The molecular weight excluding hydrogens is 468 g/mol. The van der Waals surface area contributed by atoms with Crippen LogP contribution in [0.3, 0.4) is 0 Å². The van der Waals surface area contributed by atoms with Crippen molar-refractivity contribution in [1.29, 1.82) is 5.26 Å². The maximum absolute atomic E-state index is 13.5. The van der Waals surface area contributed by atoms with Gasteiger partial charge in [-0.05, 0) is 47.5 Å². The average Bonchev–Trinajstić information content (AvgIpc) is 3.41. The number of hydrogen-bond acceptors (Lipinski definition) is 6. The second kappa shape index (κ2) is 11.6. The summed E-state index contributed by atoms with van der Waals surface area (Å²) in [6.45, 7) is 0.387. The van der Waals surface area contributed by atoms with Crippen LogP contribution in [0.5, 0.6) is 5.75 Å². The molecule has 0 fully saturated rings. The number of hydrogen-bond donors (Lipinski definition) is 1. The average molecular weight is 495 g/mol. The third kappa shape index (κ3) is 6.38. The van der Waals surface area contributed by atoms with E-state index in [1.165, 1.54) is 15.8 Å². The number of amides is 2. The van der Waals surface area contributed by atoms with Crippen molar-refractivity contribution in [1.82, 2.24) is 20.3 Å². The van der Waals surface area contributed by atoms with E-state index in [2.05, 4.69) is 21.7 Å². The smallest absolute Gasteiger partial charge is 0.274 e. The summed E-state index contributed by atoms with van der Waals surface area (Å²) >= 11 is 0. The van der Waals surface area contributed by atoms with Crippen LogP contribution in [-0.2, 0) is 17.8 Å². The number of nitrogens with zero attached hydrogens (tertiary/aromatic N) is 5. The van der Waals surface area contributed by atoms with Crippen molar-refractivity contribution in [2.45, 2.75) is 19.0 Å². The van der Waals surface area contributed by atoms with Crippen molar-refractivity contribution in [3.63, 3.8) is 0 Å². The molecule has 0 aliphatic heterocycles. The Morgan fingerprint density at radius 2 is 1.73 bits per heavy atom. The van der Waals surface area contributed by atoms with E-state index in [1.54, 1.807) is 50.6 Å². The summed E-state index contributed by atoms with van der Waals surface area (Å²) in [7, 11) is 3.25. The summed E-state index contributed by atoms with van der Waals surface area (Å²) in [5.41, 5.74) is 3.16. The van der Waals surface area contributed by atoms with E-state index in [0.717, 1.165) is 11.1 Å². The molecule has 0 spiro atoms. The van der Waals surface area contributed by atoms with Gasteiger partial charge in [-0.1, -0.05) is 47.7 Å². The Morgan fingerprint density at radius 3 is 2.38 bits per heavy atom. The number of nitrogens with one attached hydrogen (secondary N) is 1. The van der Waals surface area contributed by atoms with Crippen molar-refractivity contribution < 1.29 is 14.3 Å². The molecule has 9 heteroatoms. The highest BCUT2D eigenvalue weighted by atomic mass is 16.5. The zero-order chi connectivity index (χ0) is 26.2. The highest BCUT2D eigenvalue weighted by molar-refractivity contribution is 6.01. The molecule has 1 N–H and O–H groups in total. The Kier molecular flexibility index (Phi) is 7.91. The Hall–Kier alpha value is -4.97. The first-order chi connectivity index (χ1) is 18.0. The SMILES string of the molecule is COc1ccc(N(C)C(=O)[C@H](Cc2ccccc2)NC(=O)c2cn(Cc3ccc(C#N)cc3)nn2)cc1. The van der Waals surface area contributed by atoms with E-state index in [0.29, 0.717) is 30.0 Å². The number of methoxy groups -OCH3 is 1. The first-order valence-corrected chi connectivity index (χ1v) is 11.6. The van der Waals surface area contributed by atoms with E-state index in [1.807, 2.05) is 42.5 Å². The molecule has 4 rings (SSSR count). The zero-order valence-electron chi connectivity index (χ0n) is 20.5. The standard InChI is InChI=1S/C28H26N6O3/c1-33(23-12-14-24(37-2)15-13-23)28(36)25(16-20-6-4-3-5-7-20)30-27(35)26-19-34(32-31-26)18-22-10-8-21(17-29)9-11-22/h3-15,19,25H,16,18H2,1-2H3,(H,30,35)/t25-/m0/s1. The predicted octanol–water partition coefficient (Wildman–Crippen LogP) is 3.21. The summed E-state index contributed by atoms with van der Waals surface area (Å²) in [6, 6.07) is 25.0. The summed E-state index contributed by atoms with van der Waals surface area (Å²) in [5.74, 6) is -0.0846. The van der Waals surface area contributed by atoms with Gasteiger partial charge in [0.2, 0.25) is 5.91 Å². The molecule has 0 aliphatic carbocycles. The van der Waals surface area contributed by atoms with E-state index in [4.69, 9.17) is 10.00 Å². The fraction of sp³-hybridized carbons (Fsp3) is 0.179. The molecule has 1 aromatic heterocycles. The van der Waals surface area contributed by atoms with Crippen LogP contribution in [0, 0.1) is 11.3 Å². The topological polar surface area (TPSA) is 113 Å². The monoisotopic (exact) mass is 494 g/mol. The van der Waals surface area contributed by atoms with Crippen LogP contribution < -0.4 is 15.0 Å². The molecule has 37 heavy (non-hydrogen) atoms. The Morgan fingerprint density at radius 1 is 1.03 bits per heavy atom. The summed E-state index contributed by atoms with van der Waals surface area (Å²) in [4.78, 5) is 28.1. The van der Waals surface area contributed by atoms with Crippen molar-refractivity contribution in [3.05, 3.63) is 107 Å². The number of nitriles is 1. The number of carbonyl (C=O) groups excluding carboxylic acids is 2. The molecule has 0 radical (unpaired) electrons. The molecule has 1 heterocycles. The van der Waals surface area contributed by atoms with Crippen LogP contribution in [0.25, 0.3) is 0 Å². The van der Waals surface area contributed by atoms with Gasteiger partial charge in [-0.3, -0.25) is 9.59 Å². The van der Waals surface area contributed by atoms with Crippen LogP contribution >= 0.6 is 0 Å². The lowest BCUT2D eigenvalue weighted by molar-refractivity contribution is -0.120. The number of carbonyl (C=O) groups is 2. The number of anilines is 1. The molecule has 9 nitrogen and oxygen atoms in total. The molecule has 2 amide bonds. The van der Waals surface area contributed by atoms with Gasteiger partial charge in [0.25, 0.3) is 5.91 Å². The molecule has 0 unspecified atom stereocenters. The van der Waals surface area contributed by atoms with E-state index in [-0.39, 0.29) is 11.6 Å². The number of likely N-dealkylation sites (N-methyl/N-ethyl adjacent to an activating group) is 1. The van der Waals surface area contributed by atoms with Crippen molar-refractivity contribution in [2.75, 3.05) is 19.1 Å². The molecule has 0 saturated heterocycles. The third-order valence-electron chi connectivity index (χ3n) is 5.88.